The van der Waals surface area contributed by atoms with E-state index in [1.165, 1.54) is 25.3 Å². The molecule has 0 radical (unpaired) electrons. The molecule has 0 atom stereocenters. The molecular weight excluding hydrogens is 387 g/mol. The number of esters is 3. The van der Waals surface area contributed by atoms with Gasteiger partial charge in [0.2, 0.25) is 0 Å². The fourth-order valence-corrected chi connectivity index (χ4v) is 2.30. The van der Waals surface area contributed by atoms with Gasteiger partial charge in [0.1, 0.15) is 5.82 Å². The first-order valence-electron chi connectivity index (χ1n) is 8.09. The lowest BCUT2D eigenvalue weighted by molar-refractivity contribution is -0.119. The van der Waals surface area contributed by atoms with E-state index >= 15 is 0 Å². The van der Waals surface area contributed by atoms with Crippen molar-refractivity contribution in [2.24, 2.45) is 0 Å². The summed E-state index contributed by atoms with van der Waals surface area (Å²) in [6, 6.07) is 6.91. The number of hydrogen-bond acceptors (Lipinski definition) is 8. The van der Waals surface area contributed by atoms with E-state index in [1.807, 2.05) is 0 Å². The fraction of sp³-hybridized carbons (Fsp3) is 0.158. The van der Waals surface area contributed by atoms with Gasteiger partial charge in [0.15, 0.2) is 6.61 Å². The van der Waals surface area contributed by atoms with Crippen LogP contribution < -0.4 is 11.1 Å². The van der Waals surface area contributed by atoms with Gasteiger partial charge in [-0.3, -0.25) is 4.79 Å². The Morgan fingerprint density at radius 2 is 1.59 bits per heavy atom. The Bertz CT molecular complexity index is 975. The molecule has 0 heterocycles. The monoisotopic (exact) mass is 404 g/mol. The Hall–Kier alpha value is -3.95. The van der Waals surface area contributed by atoms with E-state index in [4.69, 9.17) is 10.5 Å². The van der Waals surface area contributed by atoms with E-state index in [0.717, 1.165) is 25.3 Å². The van der Waals surface area contributed by atoms with Gasteiger partial charge in [-0.1, -0.05) is 0 Å². The zero-order chi connectivity index (χ0) is 21.6. The number of rotatable bonds is 6. The molecule has 9 nitrogen and oxygen atoms in total. The maximum absolute atomic E-state index is 13.0. The standard InChI is InChI=1S/C19H17FN2O7/c1-27-17(24)10-3-5-13(18(25)28-2)15(7-10)22-16(23)9-29-19(26)12-6-4-11(20)8-14(12)21/h3-8H,9,21H2,1-2H3,(H,22,23). The van der Waals surface area contributed by atoms with Gasteiger partial charge in [-0.2, -0.15) is 0 Å². The molecule has 0 aliphatic heterocycles. The van der Waals surface area contributed by atoms with Crippen molar-refractivity contribution in [2.45, 2.75) is 0 Å². The van der Waals surface area contributed by atoms with Gasteiger partial charge in [0, 0.05) is 5.69 Å². The van der Waals surface area contributed by atoms with Crippen molar-refractivity contribution in [3.63, 3.8) is 0 Å². The van der Waals surface area contributed by atoms with Crippen molar-refractivity contribution in [1.29, 1.82) is 0 Å². The molecule has 0 unspecified atom stereocenters. The van der Waals surface area contributed by atoms with Crippen LogP contribution in [0.15, 0.2) is 36.4 Å². The largest absolute Gasteiger partial charge is 0.465 e. The van der Waals surface area contributed by atoms with Crippen molar-refractivity contribution in [3.8, 4) is 0 Å². The van der Waals surface area contributed by atoms with Gasteiger partial charge in [0.25, 0.3) is 5.91 Å². The van der Waals surface area contributed by atoms with E-state index in [-0.39, 0.29) is 28.1 Å². The number of nitrogens with one attached hydrogen (secondary N) is 1. The third-order valence-corrected chi connectivity index (χ3v) is 3.69. The van der Waals surface area contributed by atoms with E-state index in [9.17, 15) is 23.6 Å². The fourth-order valence-electron chi connectivity index (χ4n) is 2.30. The minimum absolute atomic E-state index is 0.0254. The number of ether oxygens (including phenoxy) is 3. The molecule has 0 aliphatic rings. The summed E-state index contributed by atoms with van der Waals surface area (Å²) in [7, 11) is 2.33. The van der Waals surface area contributed by atoms with Gasteiger partial charge in [0.05, 0.1) is 36.6 Å². The Kier molecular flexibility index (Phi) is 6.85. The maximum Gasteiger partial charge on any atom is 0.340 e. The molecule has 152 valence electrons. The van der Waals surface area contributed by atoms with Gasteiger partial charge in [-0.15, -0.1) is 0 Å². The highest BCUT2D eigenvalue weighted by atomic mass is 19.1. The second-order valence-electron chi connectivity index (χ2n) is 5.60. The van der Waals surface area contributed by atoms with Crippen LogP contribution in [0.1, 0.15) is 31.1 Å². The Labute approximate surface area is 164 Å². The number of anilines is 2. The summed E-state index contributed by atoms with van der Waals surface area (Å²) in [6.07, 6.45) is 0. The van der Waals surface area contributed by atoms with Crippen molar-refractivity contribution in [2.75, 3.05) is 31.9 Å². The van der Waals surface area contributed by atoms with Crippen LogP contribution in [0.2, 0.25) is 0 Å². The normalized spacial score (nSPS) is 10.0. The van der Waals surface area contributed by atoms with Gasteiger partial charge < -0.3 is 25.3 Å². The molecular formula is C19H17FN2O7. The smallest absolute Gasteiger partial charge is 0.340 e. The molecule has 2 rings (SSSR count). The van der Waals surface area contributed by atoms with E-state index in [0.29, 0.717) is 0 Å². The summed E-state index contributed by atoms with van der Waals surface area (Å²) >= 11 is 0. The van der Waals surface area contributed by atoms with Crippen molar-refractivity contribution in [1.82, 2.24) is 0 Å². The molecule has 0 spiro atoms. The zero-order valence-electron chi connectivity index (χ0n) is 15.5. The highest BCUT2D eigenvalue weighted by Gasteiger charge is 2.19. The summed E-state index contributed by atoms with van der Waals surface area (Å²) in [5.74, 6) is -3.80. The van der Waals surface area contributed by atoms with Crippen LogP contribution in [0.4, 0.5) is 15.8 Å². The second-order valence-corrected chi connectivity index (χ2v) is 5.60. The molecule has 0 saturated carbocycles. The molecule has 29 heavy (non-hydrogen) atoms. The third kappa shape index (κ3) is 5.28. The van der Waals surface area contributed by atoms with Crippen LogP contribution in [0.3, 0.4) is 0 Å². The molecule has 0 fully saturated rings. The highest BCUT2D eigenvalue weighted by molar-refractivity contribution is 6.04. The lowest BCUT2D eigenvalue weighted by atomic mass is 10.1. The second kappa shape index (κ2) is 9.31. The quantitative estimate of drug-likeness (QED) is 0.423. The predicted molar refractivity (Wildman–Crippen MR) is 98.8 cm³/mol. The first-order valence-corrected chi connectivity index (χ1v) is 8.09. The lowest BCUT2D eigenvalue weighted by Gasteiger charge is -2.12. The van der Waals surface area contributed by atoms with Crippen LogP contribution >= 0.6 is 0 Å². The number of amides is 1. The number of hydrogen-bond donors (Lipinski definition) is 2. The molecule has 2 aromatic rings. The number of carbonyl (C=O) groups is 4. The molecule has 1 amide bonds. The summed E-state index contributed by atoms with van der Waals surface area (Å²) < 4.78 is 27.1. The average Bonchev–Trinajstić information content (AvgIpc) is 2.70. The predicted octanol–water partition coefficient (Wildman–Crippen LogP) is 1.78. The van der Waals surface area contributed by atoms with Gasteiger partial charge in [-0.05, 0) is 36.4 Å². The minimum Gasteiger partial charge on any atom is -0.465 e. The van der Waals surface area contributed by atoms with Crippen molar-refractivity contribution >= 4 is 35.2 Å². The topological polar surface area (TPSA) is 134 Å². The van der Waals surface area contributed by atoms with Crippen LogP contribution in [-0.4, -0.2) is 44.6 Å². The van der Waals surface area contributed by atoms with Crippen molar-refractivity contribution < 1.29 is 37.8 Å². The van der Waals surface area contributed by atoms with Crippen LogP contribution in [-0.2, 0) is 19.0 Å². The van der Waals surface area contributed by atoms with Crippen LogP contribution in [0, 0.1) is 5.82 Å². The Morgan fingerprint density at radius 1 is 0.931 bits per heavy atom. The van der Waals surface area contributed by atoms with Crippen LogP contribution in [0.25, 0.3) is 0 Å². The molecule has 0 aromatic heterocycles. The SMILES string of the molecule is COC(=O)c1ccc(C(=O)OC)c(NC(=O)COC(=O)c2ccc(F)cc2N)c1. The summed E-state index contributed by atoms with van der Waals surface area (Å²) in [5, 5.41) is 2.36. The molecule has 0 aliphatic carbocycles. The third-order valence-electron chi connectivity index (χ3n) is 3.69. The Balaban J connectivity index is 2.13. The molecule has 10 heteroatoms. The molecule has 2 aromatic carbocycles. The summed E-state index contributed by atoms with van der Waals surface area (Å²) in [4.78, 5) is 47.7. The highest BCUT2D eigenvalue weighted by Crippen LogP contribution is 2.20. The first-order chi connectivity index (χ1) is 13.8. The first kappa shape index (κ1) is 21.4. The zero-order valence-corrected chi connectivity index (χ0v) is 15.5. The van der Waals surface area contributed by atoms with E-state index < -0.39 is 36.2 Å². The minimum atomic E-state index is -0.936. The summed E-state index contributed by atoms with van der Waals surface area (Å²) in [5.41, 5.74) is 5.30. The number of nitrogen functional groups attached to an aromatic ring is 1. The van der Waals surface area contributed by atoms with Crippen molar-refractivity contribution in [3.05, 3.63) is 58.9 Å². The molecule has 0 saturated heterocycles. The molecule has 3 N–H and O–H groups in total. The number of carbonyl (C=O) groups excluding carboxylic acids is 4. The van der Waals surface area contributed by atoms with Gasteiger partial charge in [-0.25, -0.2) is 18.8 Å². The van der Waals surface area contributed by atoms with Crippen LogP contribution in [0.5, 0.6) is 0 Å². The lowest BCUT2D eigenvalue weighted by Crippen LogP contribution is -2.23. The number of benzene rings is 2. The maximum atomic E-state index is 13.0. The molecule has 0 bridgehead atoms. The summed E-state index contributed by atoms with van der Waals surface area (Å²) in [6.45, 7) is -0.723. The average molecular weight is 404 g/mol. The van der Waals surface area contributed by atoms with E-state index in [2.05, 4.69) is 14.8 Å². The number of methoxy groups -OCH3 is 2. The Morgan fingerprint density at radius 3 is 2.21 bits per heavy atom. The number of nitrogens with two attached hydrogens (primary N) is 1. The number of halogens is 1. The van der Waals surface area contributed by atoms with Gasteiger partial charge >= 0.3 is 17.9 Å². The van der Waals surface area contributed by atoms with E-state index in [1.54, 1.807) is 0 Å².